The predicted molar refractivity (Wildman–Crippen MR) is 139 cm³/mol. The lowest BCUT2D eigenvalue weighted by atomic mass is 9.48. The molecule has 0 radical (unpaired) electrons. The zero-order chi connectivity index (χ0) is 25.6. The molecule has 0 spiro atoms. The molecular weight excluding hydrogens is 464 g/mol. The molecule has 3 aromatic rings. The predicted octanol–water partition coefficient (Wildman–Crippen LogP) is 6.74. The standard InChI is InChI=1S/C32H28O5/c33-30(34)28-3-1-2-24(29(28)31(35)36)7-4-20-5-10-26(11-6-20)37-27-12-8-25(9-13-27)32-17-21-14-22(18-32)16-23(15-21)19-32/h1-3,5-6,8-13,21-23H,14-19H2,(H,33,34)(H,35,36). The highest BCUT2D eigenvalue weighted by molar-refractivity contribution is 6.03. The Labute approximate surface area is 216 Å². The van der Waals surface area contributed by atoms with Gasteiger partial charge in [-0.25, -0.2) is 9.59 Å². The summed E-state index contributed by atoms with van der Waals surface area (Å²) < 4.78 is 6.07. The van der Waals surface area contributed by atoms with Crippen LogP contribution in [0.15, 0.2) is 66.7 Å². The average Bonchev–Trinajstić information content (AvgIpc) is 2.87. The summed E-state index contributed by atoms with van der Waals surface area (Å²) in [5, 5.41) is 18.8. The molecule has 3 aromatic carbocycles. The Balaban J connectivity index is 1.15. The van der Waals surface area contributed by atoms with E-state index >= 15 is 0 Å². The second kappa shape index (κ2) is 9.12. The molecule has 186 valence electrons. The molecule has 0 heterocycles. The minimum absolute atomic E-state index is 0.159. The average molecular weight is 493 g/mol. The minimum atomic E-state index is -1.32. The first-order valence-corrected chi connectivity index (χ1v) is 12.9. The van der Waals surface area contributed by atoms with Crippen LogP contribution in [0.4, 0.5) is 0 Å². The van der Waals surface area contributed by atoms with Crippen molar-refractivity contribution in [3.05, 3.63) is 94.5 Å². The number of benzene rings is 3. The van der Waals surface area contributed by atoms with Gasteiger partial charge in [0.2, 0.25) is 0 Å². The van der Waals surface area contributed by atoms with E-state index in [1.165, 1.54) is 62.3 Å². The number of ether oxygens (including phenoxy) is 1. The summed E-state index contributed by atoms with van der Waals surface area (Å²) in [6.07, 6.45) is 8.35. The fourth-order valence-corrected chi connectivity index (χ4v) is 7.29. The summed E-state index contributed by atoms with van der Waals surface area (Å²) in [4.78, 5) is 23.0. The zero-order valence-corrected chi connectivity index (χ0v) is 20.4. The monoisotopic (exact) mass is 492 g/mol. The van der Waals surface area contributed by atoms with Crippen LogP contribution < -0.4 is 4.74 Å². The van der Waals surface area contributed by atoms with Crippen LogP contribution in [-0.4, -0.2) is 22.2 Å². The van der Waals surface area contributed by atoms with Crippen LogP contribution >= 0.6 is 0 Å². The first kappa shape index (κ1) is 23.4. The second-order valence-electron chi connectivity index (χ2n) is 10.9. The van der Waals surface area contributed by atoms with E-state index in [1.807, 2.05) is 12.1 Å². The van der Waals surface area contributed by atoms with Crippen molar-refractivity contribution in [3.8, 4) is 23.3 Å². The summed E-state index contributed by atoms with van der Waals surface area (Å²) in [5.74, 6) is 7.34. The smallest absolute Gasteiger partial charge is 0.337 e. The molecule has 4 saturated carbocycles. The summed E-state index contributed by atoms with van der Waals surface area (Å²) >= 11 is 0. The molecule has 0 aliphatic heterocycles. The number of aromatic carboxylic acids is 2. The lowest BCUT2D eigenvalue weighted by Gasteiger charge is -2.57. The van der Waals surface area contributed by atoms with E-state index in [4.69, 9.17) is 4.74 Å². The highest BCUT2D eigenvalue weighted by Gasteiger charge is 2.51. The van der Waals surface area contributed by atoms with Gasteiger partial charge in [-0.05, 0) is 116 Å². The van der Waals surface area contributed by atoms with Crippen LogP contribution in [0.1, 0.15) is 75.9 Å². The lowest BCUT2D eigenvalue weighted by molar-refractivity contribution is -0.00520. The van der Waals surface area contributed by atoms with E-state index in [0.29, 0.717) is 16.7 Å². The Morgan fingerprint density at radius 3 is 1.84 bits per heavy atom. The molecule has 0 aromatic heterocycles. The van der Waals surface area contributed by atoms with Gasteiger partial charge in [0.15, 0.2) is 0 Å². The van der Waals surface area contributed by atoms with E-state index in [9.17, 15) is 19.8 Å². The Kier molecular flexibility index (Phi) is 5.76. The molecule has 0 unspecified atom stereocenters. The summed E-state index contributed by atoms with van der Waals surface area (Å²) in [6, 6.07) is 20.2. The summed E-state index contributed by atoms with van der Waals surface area (Å²) in [6.45, 7) is 0. The Bertz CT molecular complexity index is 1390. The van der Waals surface area contributed by atoms with Gasteiger partial charge in [-0.2, -0.15) is 0 Å². The molecule has 2 N–H and O–H groups in total. The third-order valence-electron chi connectivity index (χ3n) is 8.45. The molecule has 4 aliphatic rings. The van der Waals surface area contributed by atoms with Crippen molar-refractivity contribution in [3.63, 3.8) is 0 Å². The molecule has 37 heavy (non-hydrogen) atoms. The molecule has 0 amide bonds. The number of hydrogen-bond acceptors (Lipinski definition) is 3. The van der Waals surface area contributed by atoms with Crippen molar-refractivity contribution in [2.45, 2.75) is 43.9 Å². The highest BCUT2D eigenvalue weighted by Crippen LogP contribution is 2.60. The Morgan fingerprint density at radius 2 is 1.30 bits per heavy atom. The van der Waals surface area contributed by atoms with Gasteiger partial charge < -0.3 is 14.9 Å². The van der Waals surface area contributed by atoms with Crippen LogP contribution in [0.25, 0.3) is 0 Å². The van der Waals surface area contributed by atoms with Gasteiger partial charge in [-0.15, -0.1) is 0 Å². The van der Waals surface area contributed by atoms with Gasteiger partial charge in [0.1, 0.15) is 11.5 Å². The number of rotatable bonds is 5. The van der Waals surface area contributed by atoms with Crippen molar-refractivity contribution >= 4 is 11.9 Å². The number of carboxylic acid groups (broad SMARTS) is 2. The fraction of sp³-hybridized carbons (Fsp3) is 0.312. The van der Waals surface area contributed by atoms with Crippen molar-refractivity contribution < 1.29 is 24.5 Å². The maximum absolute atomic E-state index is 11.6. The molecule has 7 rings (SSSR count). The normalized spacial score (nSPS) is 25.2. The van der Waals surface area contributed by atoms with E-state index in [0.717, 1.165) is 23.5 Å². The van der Waals surface area contributed by atoms with Crippen LogP contribution in [0.2, 0.25) is 0 Å². The van der Waals surface area contributed by atoms with Crippen molar-refractivity contribution in [1.29, 1.82) is 0 Å². The maximum Gasteiger partial charge on any atom is 0.337 e. The van der Waals surface area contributed by atoms with E-state index in [-0.39, 0.29) is 16.7 Å². The van der Waals surface area contributed by atoms with Crippen LogP contribution in [0.5, 0.6) is 11.5 Å². The number of carboxylic acids is 2. The third kappa shape index (κ3) is 4.49. The van der Waals surface area contributed by atoms with Gasteiger partial charge in [-0.1, -0.05) is 30.0 Å². The lowest BCUT2D eigenvalue weighted by Crippen LogP contribution is -2.48. The van der Waals surface area contributed by atoms with E-state index in [2.05, 4.69) is 36.1 Å². The van der Waals surface area contributed by atoms with Gasteiger partial charge >= 0.3 is 11.9 Å². The van der Waals surface area contributed by atoms with E-state index < -0.39 is 11.9 Å². The third-order valence-corrected chi connectivity index (χ3v) is 8.45. The molecule has 5 nitrogen and oxygen atoms in total. The topological polar surface area (TPSA) is 83.8 Å². The maximum atomic E-state index is 11.6. The Morgan fingerprint density at radius 1 is 0.730 bits per heavy atom. The molecular formula is C32H28O5. The summed E-state index contributed by atoms with van der Waals surface area (Å²) in [5.41, 5.74) is 2.08. The van der Waals surface area contributed by atoms with Crippen molar-refractivity contribution in [2.24, 2.45) is 17.8 Å². The quantitative estimate of drug-likeness (QED) is 0.385. The van der Waals surface area contributed by atoms with Gasteiger partial charge in [-0.3, -0.25) is 0 Å². The van der Waals surface area contributed by atoms with Gasteiger partial charge in [0.05, 0.1) is 11.1 Å². The second-order valence-corrected chi connectivity index (χ2v) is 10.9. The Hall–Kier alpha value is -4.04. The number of hydrogen-bond donors (Lipinski definition) is 2. The minimum Gasteiger partial charge on any atom is -0.478 e. The molecule has 0 saturated heterocycles. The van der Waals surface area contributed by atoms with E-state index in [1.54, 1.807) is 12.1 Å². The van der Waals surface area contributed by atoms with Gasteiger partial charge in [0.25, 0.3) is 0 Å². The SMILES string of the molecule is O=C(O)c1cccc(C#Cc2ccc(Oc3ccc(C45CC6CC(CC(C6)C4)C5)cc3)cc2)c1C(=O)O. The number of carbonyl (C=O) groups is 2. The van der Waals surface area contributed by atoms with Crippen LogP contribution in [-0.2, 0) is 5.41 Å². The van der Waals surface area contributed by atoms with Crippen molar-refractivity contribution in [1.82, 2.24) is 0 Å². The zero-order valence-electron chi connectivity index (χ0n) is 20.4. The van der Waals surface area contributed by atoms with Crippen molar-refractivity contribution in [2.75, 3.05) is 0 Å². The molecule has 4 fully saturated rings. The molecule has 4 aliphatic carbocycles. The summed E-state index contributed by atoms with van der Waals surface area (Å²) in [7, 11) is 0. The first-order valence-electron chi connectivity index (χ1n) is 12.9. The van der Waals surface area contributed by atoms with Gasteiger partial charge in [0, 0.05) is 11.1 Å². The van der Waals surface area contributed by atoms with Crippen LogP contribution in [0.3, 0.4) is 0 Å². The first-order chi connectivity index (χ1) is 17.9. The largest absolute Gasteiger partial charge is 0.478 e. The molecule has 4 bridgehead atoms. The highest BCUT2D eigenvalue weighted by atomic mass is 16.5. The molecule has 5 heteroatoms. The van der Waals surface area contributed by atoms with Crippen LogP contribution in [0, 0.1) is 29.6 Å². The fourth-order valence-electron chi connectivity index (χ4n) is 7.29. The molecule has 0 atom stereocenters.